The van der Waals surface area contributed by atoms with Crippen molar-refractivity contribution >= 4 is 28.9 Å². The highest BCUT2D eigenvalue weighted by Gasteiger charge is 2.24. The highest BCUT2D eigenvalue weighted by Crippen LogP contribution is 2.35. The maximum absolute atomic E-state index is 12.7. The highest BCUT2D eigenvalue weighted by atomic mass is 35.5. The zero-order valence-corrected chi connectivity index (χ0v) is 7.36. The van der Waals surface area contributed by atoms with E-state index in [-0.39, 0.29) is 0 Å². The molecule has 0 heterocycles. The molecule has 0 fully saturated rings. The Morgan fingerprint density at radius 3 is 2.23 bits per heavy atom. The average Bonchev–Trinajstić information content (AvgIpc) is 1.99. The summed E-state index contributed by atoms with van der Waals surface area (Å²) in [5, 5.41) is 8.82. The molecule has 7 heteroatoms. The largest absolute Gasteiger partial charge is 0.324 e. The quantitative estimate of drug-likeness (QED) is 0.320. The summed E-state index contributed by atoms with van der Waals surface area (Å²) in [5.74, 6) is -2.48. The molecule has 1 rings (SSSR count). The first-order chi connectivity index (χ1) is 5.95. The Kier molecular flexibility index (Phi) is 2.68. The van der Waals surface area contributed by atoms with Gasteiger partial charge >= 0.3 is 5.69 Å². The van der Waals surface area contributed by atoms with E-state index in [4.69, 9.17) is 23.2 Å². The fourth-order valence-corrected chi connectivity index (χ4v) is 1.12. The standard InChI is InChI=1S/C6HCl2F2NO2/c7-4-2(9)1-3(10)6(5(4)8)11(12)13/h1H. The minimum absolute atomic E-state index is 0.312. The molecule has 1 aromatic rings. The summed E-state index contributed by atoms with van der Waals surface area (Å²) in [6, 6.07) is 0.312. The Balaban J connectivity index is 3.53. The molecule has 0 amide bonds. The van der Waals surface area contributed by atoms with Crippen molar-refractivity contribution in [2.24, 2.45) is 0 Å². The van der Waals surface area contributed by atoms with Crippen LogP contribution in [0.2, 0.25) is 10.0 Å². The van der Waals surface area contributed by atoms with Crippen LogP contribution in [0.4, 0.5) is 14.5 Å². The topological polar surface area (TPSA) is 43.1 Å². The van der Waals surface area contributed by atoms with Gasteiger partial charge < -0.3 is 0 Å². The number of halogens is 4. The van der Waals surface area contributed by atoms with Gasteiger partial charge in [-0.15, -0.1) is 0 Å². The predicted octanol–water partition coefficient (Wildman–Crippen LogP) is 3.18. The van der Waals surface area contributed by atoms with Crippen molar-refractivity contribution in [3.05, 3.63) is 37.9 Å². The van der Waals surface area contributed by atoms with Gasteiger partial charge in [-0.2, -0.15) is 4.39 Å². The molecule has 13 heavy (non-hydrogen) atoms. The fraction of sp³-hybridized carbons (Fsp3) is 0. The van der Waals surface area contributed by atoms with Crippen molar-refractivity contribution in [1.82, 2.24) is 0 Å². The van der Waals surface area contributed by atoms with Crippen LogP contribution in [0.3, 0.4) is 0 Å². The summed E-state index contributed by atoms with van der Waals surface area (Å²) in [5.41, 5.74) is -1.02. The van der Waals surface area contributed by atoms with E-state index in [1.807, 2.05) is 0 Å². The molecule has 0 unspecified atom stereocenters. The summed E-state index contributed by atoms with van der Waals surface area (Å²) in [6.07, 6.45) is 0. The lowest BCUT2D eigenvalue weighted by Gasteiger charge is -1.99. The average molecular weight is 228 g/mol. The molecular formula is C6HCl2F2NO2. The number of hydrogen-bond donors (Lipinski definition) is 0. The third kappa shape index (κ3) is 1.71. The number of nitro groups is 1. The number of hydrogen-bond acceptors (Lipinski definition) is 2. The van der Waals surface area contributed by atoms with Crippen LogP contribution in [-0.2, 0) is 0 Å². The van der Waals surface area contributed by atoms with Crippen LogP contribution in [0.25, 0.3) is 0 Å². The molecule has 70 valence electrons. The van der Waals surface area contributed by atoms with Crippen LogP contribution in [0.1, 0.15) is 0 Å². The first-order valence-electron chi connectivity index (χ1n) is 2.92. The molecule has 0 saturated heterocycles. The maximum atomic E-state index is 12.7. The summed E-state index contributed by atoms with van der Waals surface area (Å²) >= 11 is 10.5. The Hall–Kier alpha value is -0.940. The minimum atomic E-state index is -1.35. The van der Waals surface area contributed by atoms with Gasteiger partial charge in [0.25, 0.3) is 0 Å². The van der Waals surface area contributed by atoms with Crippen molar-refractivity contribution in [3.8, 4) is 0 Å². The second-order valence-electron chi connectivity index (χ2n) is 2.07. The minimum Gasteiger partial charge on any atom is -0.258 e. The maximum Gasteiger partial charge on any atom is 0.324 e. The highest BCUT2D eigenvalue weighted by molar-refractivity contribution is 6.43. The third-order valence-corrected chi connectivity index (χ3v) is 2.11. The number of nitro benzene ring substituents is 1. The van der Waals surface area contributed by atoms with E-state index in [1.165, 1.54) is 0 Å². The van der Waals surface area contributed by atoms with E-state index in [2.05, 4.69) is 0 Å². The SMILES string of the molecule is O=[N+]([O-])c1c(F)cc(F)c(Cl)c1Cl. The Morgan fingerprint density at radius 1 is 1.23 bits per heavy atom. The van der Waals surface area contributed by atoms with E-state index >= 15 is 0 Å². The molecular weight excluding hydrogens is 227 g/mol. The Bertz CT molecular complexity index is 383. The summed E-state index contributed by atoms with van der Waals surface area (Å²) in [6.45, 7) is 0. The second kappa shape index (κ2) is 3.43. The Morgan fingerprint density at radius 2 is 1.77 bits per heavy atom. The summed E-state index contributed by atoms with van der Waals surface area (Å²) in [4.78, 5) is 9.14. The van der Waals surface area contributed by atoms with Crippen molar-refractivity contribution in [2.45, 2.75) is 0 Å². The van der Waals surface area contributed by atoms with E-state index < -0.39 is 32.3 Å². The molecule has 0 aliphatic heterocycles. The number of nitrogens with zero attached hydrogens (tertiary/aromatic N) is 1. The first kappa shape index (κ1) is 10.1. The van der Waals surface area contributed by atoms with Crippen molar-refractivity contribution in [2.75, 3.05) is 0 Å². The van der Waals surface area contributed by atoms with Gasteiger partial charge in [-0.25, -0.2) is 4.39 Å². The lowest BCUT2D eigenvalue weighted by molar-refractivity contribution is -0.387. The molecule has 0 aliphatic carbocycles. The van der Waals surface area contributed by atoms with Crippen LogP contribution in [0, 0.1) is 21.7 Å². The van der Waals surface area contributed by atoms with Crippen LogP contribution in [0.5, 0.6) is 0 Å². The lowest BCUT2D eigenvalue weighted by atomic mass is 10.3. The molecule has 0 saturated carbocycles. The van der Waals surface area contributed by atoms with E-state index in [1.54, 1.807) is 0 Å². The van der Waals surface area contributed by atoms with Gasteiger partial charge in [0.15, 0.2) is 0 Å². The van der Waals surface area contributed by atoms with Crippen LogP contribution >= 0.6 is 23.2 Å². The van der Waals surface area contributed by atoms with Gasteiger partial charge in [0.05, 0.1) is 4.92 Å². The molecule has 0 atom stereocenters. The van der Waals surface area contributed by atoms with Gasteiger partial charge in [-0.1, -0.05) is 23.2 Å². The normalized spacial score (nSPS) is 10.2. The fourth-order valence-electron chi connectivity index (χ4n) is 0.724. The molecule has 0 aromatic heterocycles. The zero-order valence-electron chi connectivity index (χ0n) is 5.85. The van der Waals surface area contributed by atoms with Gasteiger partial charge in [0, 0.05) is 6.07 Å². The van der Waals surface area contributed by atoms with Crippen LogP contribution in [0.15, 0.2) is 6.07 Å². The monoisotopic (exact) mass is 227 g/mol. The first-order valence-corrected chi connectivity index (χ1v) is 3.68. The van der Waals surface area contributed by atoms with E-state index in [9.17, 15) is 18.9 Å². The van der Waals surface area contributed by atoms with Gasteiger partial charge in [-0.05, 0) is 0 Å². The molecule has 0 bridgehead atoms. The molecule has 0 aliphatic rings. The molecule has 3 nitrogen and oxygen atoms in total. The van der Waals surface area contributed by atoms with Crippen molar-refractivity contribution in [1.29, 1.82) is 0 Å². The molecule has 0 radical (unpaired) electrons. The van der Waals surface area contributed by atoms with Crippen LogP contribution < -0.4 is 0 Å². The summed E-state index contributed by atoms with van der Waals surface area (Å²) < 4.78 is 25.3. The zero-order chi connectivity index (χ0) is 10.2. The van der Waals surface area contributed by atoms with E-state index in [0.29, 0.717) is 6.07 Å². The molecule has 0 N–H and O–H groups in total. The van der Waals surface area contributed by atoms with Crippen molar-refractivity contribution < 1.29 is 13.7 Å². The third-order valence-electron chi connectivity index (χ3n) is 1.27. The van der Waals surface area contributed by atoms with Gasteiger partial charge in [0.1, 0.15) is 15.9 Å². The lowest BCUT2D eigenvalue weighted by Crippen LogP contribution is -1.95. The van der Waals surface area contributed by atoms with E-state index in [0.717, 1.165) is 0 Å². The smallest absolute Gasteiger partial charge is 0.258 e. The van der Waals surface area contributed by atoms with Crippen molar-refractivity contribution in [3.63, 3.8) is 0 Å². The molecule has 1 aromatic carbocycles. The second-order valence-corrected chi connectivity index (χ2v) is 2.83. The molecule has 0 spiro atoms. The van der Waals surface area contributed by atoms with Gasteiger partial charge in [-0.3, -0.25) is 10.1 Å². The van der Waals surface area contributed by atoms with Crippen LogP contribution in [-0.4, -0.2) is 4.92 Å². The number of rotatable bonds is 1. The number of benzene rings is 1. The summed E-state index contributed by atoms with van der Waals surface area (Å²) in [7, 11) is 0. The Labute approximate surface area is 81.0 Å². The predicted molar refractivity (Wildman–Crippen MR) is 43.0 cm³/mol. The van der Waals surface area contributed by atoms with Gasteiger partial charge in [0.2, 0.25) is 5.82 Å².